The Morgan fingerprint density at radius 3 is 2.32 bits per heavy atom. The number of nitrogens with two attached hydrogens (primary N) is 1. The van der Waals surface area contributed by atoms with Crippen LogP contribution in [0.15, 0.2) is 12.1 Å². The van der Waals surface area contributed by atoms with Crippen molar-refractivity contribution in [3.8, 4) is 5.75 Å². The number of hydrogen-bond acceptors (Lipinski definition) is 2. The molecule has 1 aromatic rings. The Morgan fingerprint density at radius 1 is 1.26 bits per heavy atom. The van der Waals surface area contributed by atoms with Crippen LogP contribution in [-0.2, 0) is 6.42 Å². The molecule has 0 aliphatic heterocycles. The minimum absolute atomic E-state index is 0. The van der Waals surface area contributed by atoms with Crippen LogP contribution in [0.4, 0.5) is 0 Å². The molecule has 108 valence electrons. The molecule has 0 amide bonds. The summed E-state index contributed by atoms with van der Waals surface area (Å²) < 4.78 is 5.85. The summed E-state index contributed by atoms with van der Waals surface area (Å²) in [6.45, 7) is 7.35. The third-order valence-corrected chi connectivity index (χ3v) is 3.84. The lowest BCUT2D eigenvalue weighted by molar-refractivity contribution is 0.299. The summed E-state index contributed by atoms with van der Waals surface area (Å²) >= 11 is 0. The molecular formula is C16H26ClNO. The quantitative estimate of drug-likeness (QED) is 0.862. The van der Waals surface area contributed by atoms with Crippen molar-refractivity contribution in [2.24, 2.45) is 11.7 Å². The molecule has 0 bridgehead atoms. The number of rotatable bonds is 6. The van der Waals surface area contributed by atoms with Crippen molar-refractivity contribution in [3.05, 3.63) is 28.8 Å². The summed E-state index contributed by atoms with van der Waals surface area (Å²) in [5.74, 6) is 1.82. The lowest BCUT2D eigenvalue weighted by Crippen LogP contribution is -2.22. The van der Waals surface area contributed by atoms with E-state index in [-0.39, 0.29) is 18.4 Å². The third kappa shape index (κ3) is 4.70. The van der Waals surface area contributed by atoms with Crippen molar-refractivity contribution in [1.29, 1.82) is 0 Å². The SMILES string of the molecule is CCC(N)Cc1c(C)cc(OCC2CC2)cc1C.Cl. The van der Waals surface area contributed by atoms with Crippen molar-refractivity contribution in [1.82, 2.24) is 0 Å². The van der Waals surface area contributed by atoms with Crippen LogP contribution in [0.3, 0.4) is 0 Å². The van der Waals surface area contributed by atoms with Crippen LogP contribution in [-0.4, -0.2) is 12.6 Å². The van der Waals surface area contributed by atoms with Crippen LogP contribution in [0, 0.1) is 19.8 Å². The first-order chi connectivity index (χ1) is 8.60. The summed E-state index contributed by atoms with van der Waals surface area (Å²) in [4.78, 5) is 0. The molecule has 1 aromatic carbocycles. The van der Waals surface area contributed by atoms with Crippen LogP contribution >= 0.6 is 12.4 Å². The molecule has 2 N–H and O–H groups in total. The van der Waals surface area contributed by atoms with Crippen molar-refractivity contribution in [3.63, 3.8) is 0 Å². The monoisotopic (exact) mass is 283 g/mol. The van der Waals surface area contributed by atoms with Gasteiger partial charge in [0.2, 0.25) is 0 Å². The summed E-state index contributed by atoms with van der Waals surface area (Å²) in [7, 11) is 0. The fourth-order valence-electron chi connectivity index (χ4n) is 2.26. The van der Waals surface area contributed by atoms with E-state index < -0.39 is 0 Å². The van der Waals surface area contributed by atoms with E-state index in [4.69, 9.17) is 10.5 Å². The van der Waals surface area contributed by atoms with Gasteiger partial charge < -0.3 is 10.5 Å². The average molecular weight is 284 g/mol. The van der Waals surface area contributed by atoms with Gasteiger partial charge in [0.1, 0.15) is 5.75 Å². The molecule has 1 atom stereocenters. The zero-order valence-corrected chi connectivity index (χ0v) is 13.1. The van der Waals surface area contributed by atoms with E-state index >= 15 is 0 Å². The molecule has 1 fully saturated rings. The second kappa shape index (κ2) is 7.16. The van der Waals surface area contributed by atoms with Gasteiger partial charge in [0.25, 0.3) is 0 Å². The number of hydrogen-bond donors (Lipinski definition) is 1. The van der Waals surface area contributed by atoms with Gasteiger partial charge in [0.05, 0.1) is 6.61 Å². The summed E-state index contributed by atoms with van der Waals surface area (Å²) in [6.07, 6.45) is 4.67. The summed E-state index contributed by atoms with van der Waals surface area (Å²) in [6, 6.07) is 4.58. The highest BCUT2D eigenvalue weighted by Crippen LogP contribution is 2.30. The Bertz CT molecular complexity index is 392. The number of aryl methyl sites for hydroxylation is 2. The molecule has 2 rings (SSSR count). The first-order valence-corrected chi connectivity index (χ1v) is 7.08. The largest absolute Gasteiger partial charge is 0.493 e. The summed E-state index contributed by atoms with van der Waals surface area (Å²) in [5.41, 5.74) is 10.1. The van der Waals surface area contributed by atoms with E-state index in [9.17, 15) is 0 Å². The number of ether oxygens (including phenoxy) is 1. The maximum absolute atomic E-state index is 6.06. The highest BCUT2D eigenvalue weighted by Gasteiger charge is 2.22. The molecule has 0 saturated heterocycles. The molecule has 0 heterocycles. The minimum atomic E-state index is 0. The Hall–Kier alpha value is -0.730. The van der Waals surface area contributed by atoms with E-state index in [1.54, 1.807) is 0 Å². The van der Waals surface area contributed by atoms with Crippen LogP contribution in [0.1, 0.15) is 42.9 Å². The molecular weight excluding hydrogens is 258 g/mol. The van der Waals surface area contributed by atoms with Gasteiger partial charge in [-0.05, 0) is 74.3 Å². The average Bonchev–Trinajstić information content (AvgIpc) is 3.15. The minimum Gasteiger partial charge on any atom is -0.493 e. The molecule has 0 spiro atoms. The Morgan fingerprint density at radius 2 is 1.84 bits per heavy atom. The molecule has 2 nitrogen and oxygen atoms in total. The first-order valence-electron chi connectivity index (χ1n) is 7.08. The zero-order valence-electron chi connectivity index (χ0n) is 12.2. The van der Waals surface area contributed by atoms with E-state index in [0.29, 0.717) is 0 Å². The fourth-order valence-corrected chi connectivity index (χ4v) is 2.26. The first kappa shape index (κ1) is 16.3. The van der Waals surface area contributed by atoms with Crippen LogP contribution in [0.5, 0.6) is 5.75 Å². The molecule has 0 aromatic heterocycles. The van der Waals surface area contributed by atoms with Crippen molar-refractivity contribution >= 4 is 12.4 Å². The highest BCUT2D eigenvalue weighted by atomic mass is 35.5. The topological polar surface area (TPSA) is 35.2 Å². The molecule has 1 aliphatic rings. The maximum atomic E-state index is 6.06. The lowest BCUT2D eigenvalue weighted by Gasteiger charge is -2.16. The van der Waals surface area contributed by atoms with Crippen molar-refractivity contribution in [2.75, 3.05) is 6.61 Å². The van der Waals surface area contributed by atoms with Gasteiger partial charge in [-0.15, -0.1) is 12.4 Å². The molecule has 1 aliphatic carbocycles. The van der Waals surface area contributed by atoms with Gasteiger partial charge in [-0.1, -0.05) is 6.92 Å². The van der Waals surface area contributed by atoms with Crippen LogP contribution in [0.25, 0.3) is 0 Å². The van der Waals surface area contributed by atoms with Crippen molar-refractivity contribution in [2.45, 2.75) is 52.5 Å². The van der Waals surface area contributed by atoms with E-state index in [0.717, 1.165) is 31.1 Å². The molecule has 3 heteroatoms. The van der Waals surface area contributed by atoms with Crippen LogP contribution < -0.4 is 10.5 Å². The van der Waals surface area contributed by atoms with Crippen molar-refractivity contribution < 1.29 is 4.74 Å². The van der Waals surface area contributed by atoms with E-state index in [2.05, 4.69) is 32.9 Å². The molecule has 1 saturated carbocycles. The number of benzene rings is 1. The Balaban J connectivity index is 0.00000180. The second-order valence-corrected chi connectivity index (χ2v) is 5.66. The van der Waals surface area contributed by atoms with Gasteiger partial charge in [-0.3, -0.25) is 0 Å². The molecule has 19 heavy (non-hydrogen) atoms. The normalized spacial score (nSPS) is 15.8. The van der Waals surface area contributed by atoms with Gasteiger partial charge in [0.15, 0.2) is 0 Å². The third-order valence-electron chi connectivity index (χ3n) is 3.84. The molecule has 0 radical (unpaired) electrons. The standard InChI is InChI=1S/C16H25NO.ClH/c1-4-14(17)9-16-11(2)7-15(8-12(16)3)18-10-13-5-6-13;/h7-8,13-14H,4-6,9-10,17H2,1-3H3;1H. The fraction of sp³-hybridized carbons (Fsp3) is 0.625. The smallest absolute Gasteiger partial charge is 0.119 e. The predicted molar refractivity (Wildman–Crippen MR) is 83.4 cm³/mol. The van der Waals surface area contributed by atoms with E-state index in [1.165, 1.54) is 29.5 Å². The number of halogens is 1. The predicted octanol–water partition coefficient (Wildman–Crippen LogP) is 3.79. The second-order valence-electron chi connectivity index (χ2n) is 5.66. The Labute approximate surface area is 123 Å². The van der Waals surface area contributed by atoms with Gasteiger partial charge in [-0.25, -0.2) is 0 Å². The van der Waals surface area contributed by atoms with Gasteiger partial charge in [-0.2, -0.15) is 0 Å². The Kier molecular flexibility index (Phi) is 6.15. The summed E-state index contributed by atoms with van der Waals surface area (Å²) in [5, 5.41) is 0. The van der Waals surface area contributed by atoms with Gasteiger partial charge >= 0.3 is 0 Å². The zero-order chi connectivity index (χ0) is 13.1. The van der Waals surface area contributed by atoms with Crippen LogP contribution in [0.2, 0.25) is 0 Å². The van der Waals surface area contributed by atoms with E-state index in [1.807, 2.05) is 0 Å². The maximum Gasteiger partial charge on any atom is 0.119 e. The lowest BCUT2D eigenvalue weighted by atomic mass is 9.95. The highest BCUT2D eigenvalue weighted by molar-refractivity contribution is 5.85. The molecule has 1 unspecified atom stereocenters. The van der Waals surface area contributed by atoms with Gasteiger partial charge in [0, 0.05) is 6.04 Å².